The number of rotatable bonds is 4. The molecule has 0 amide bonds. The molecule has 0 aliphatic rings. The van der Waals surface area contributed by atoms with E-state index in [2.05, 4.69) is 181 Å². The molecule has 0 N–H and O–H groups in total. The van der Waals surface area contributed by atoms with Gasteiger partial charge in [-0.05, 0) is 73.6 Å². The zero-order chi connectivity index (χ0) is 31.6. The fourth-order valence-electron chi connectivity index (χ4n) is 7.72. The van der Waals surface area contributed by atoms with Crippen molar-refractivity contribution in [2.24, 2.45) is 0 Å². The third kappa shape index (κ3) is 4.10. The Morgan fingerprint density at radius 3 is 1.73 bits per heavy atom. The van der Waals surface area contributed by atoms with Crippen molar-refractivity contribution in [3.8, 4) is 11.1 Å². The lowest BCUT2D eigenvalue weighted by Gasteiger charge is -2.30. The van der Waals surface area contributed by atoms with Crippen LogP contribution in [0.15, 0.2) is 176 Å². The molecule has 2 heteroatoms. The van der Waals surface area contributed by atoms with Gasteiger partial charge in [0.25, 0.3) is 0 Å². The highest BCUT2D eigenvalue weighted by Crippen LogP contribution is 2.51. The van der Waals surface area contributed by atoms with Crippen LogP contribution < -0.4 is 4.90 Å². The maximum atomic E-state index is 2.54. The fraction of sp³-hybridized carbons (Fsp3) is 0. The largest absolute Gasteiger partial charge is 0.309 e. The first-order chi connectivity index (χ1) is 23.8. The molecule has 1 aromatic heterocycles. The number of nitrogens with zero attached hydrogens (tertiary/aromatic N) is 1. The molecule has 0 saturated carbocycles. The highest BCUT2D eigenvalue weighted by atomic mass is 32.1. The number of hydrogen-bond acceptors (Lipinski definition) is 2. The quantitative estimate of drug-likeness (QED) is 0.176. The summed E-state index contributed by atoms with van der Waals surface area (Å²) in [7, 11) is 0. The molecule has 0 radical (unpaired) electrons. The zero-order valence-electron chi connectivity index (χ0n) is 26.1. The summed E-state index contributed by atoms with van der Waals surface area (Å²) < 4.78 is 2.60. The van der Waals surface area contributed by atoms with Crippen LogP contribution in [0.2, 0.25) is 0 Å². The minimum atomic E-state index is 1.15. The Kier molecular flexibility index (Phi) is 6.12. The van der Waals surface area contributed by atoms with Crippen LogP contribution >= 0.6 is 11.3 Å². The minimum Gasteiger partial charge on any atom is -0.309 e. The monoisotopic (exact) mass is 627 g/mol. The molecular weight excluding hydrogens is 599 g/mol. The second-order valence-corrected chi connectivity index (χ2v) is 13.5. The van der Waals surface area contributed by atoms with Gasteiger partial charge in [0.15, 0.2) is 0 Å². The lowest BCUT2D eigenvalue weighted by Crippen LogP contribution is -2.12. The van der Waals surface area contributed by atoms with Gasteiger partial charge in [-0.25, -0.2) is 0 Å². The SMILES string of the molecule is c1ccc(-c2ccccc2N(c2cc3ccc4ccccc4c3c3ccccc23)c2cccc3sc4ccc5ccccc5c4c23)cc1. The zero-order valence-corrected chi connectivity index (χ0v) is 26.9. The van der Waals surface area contributed by atoms with Gasteiger partial charge in [0.05, 0.1) is 17.1 Å². The minimum absolute atomic E-state index is 1.15. The van der Waals surface area contributed by atoms with E-state index >= 15 is 0 Å². The maximum Gasteiger partial charge on any atom is 0.0555 e. The van der Waals surface area contributed by atoms with E-state index in [0.717, 1.165) is 5.69 Å². The molecule has 1 heterocycles. The van der Waals surface area contributed by atoms with Crippen molar-refractivity contribution in [2.45, 2.75) is 0 Å². The summed E-state index contributed by atoms with van der Waals surface area (Å²) in [4.78, 5) is 2.54. The van der Waals surface area contributed by atoms with E-state index in [1.165, 1.54) is 85.8 Å². The van der Waals surface area contributed by atoms with Gasteiger partial charge in [-0.3, -0.25) is 0 Å². The van der Waals surface area contributed by atoms with Crippen LogP contribution in [-0.2, 0) is 0 Å². The Labute approximate surface area is 282 Å². The lowest BCUT2D eigenvalue weighted by molar-refractivity contribution is 1.32. The van der Waals surface area contributed by atoms with Crippen LogP contribution in [0, 0.1) is 0 Å². The molecule has 0 saturated heterocycles. The molecule has 0 bridgehead atoms. The van der Waals surface area contributed by atoms with E-state index in [1.807, 2.05) is 11.3 Å². The van der Waals surface area contributed by atoms with Crippen molar-refractivity contribution < 1.29 is 0 Å². The second-order valence-electron chi connectivity index (χ2n) is 12.5. The fourth-order valence-corrected chi connectivity index (χ4v) is 8.86. The number of para-hydroxylation sites is 1. The predicted molar refractivity (Wildman–Crippen MR) is 209 cm³/mol. The van der Waals surface area contributed by atoms with Crippen molar-refractivity contribution in [1.82, 2.24) is 0 Å². The Bertz CT molecular complexity index is 2850. The molecule has 9 aromatic carbocycles. The standard InChI is InChI=1S/C46H29NS/c1-2-13-30(14-3-1)34-17-10-11-22-39(34)47(40-23-12-24-42-46(40)45-36-19-7-5-16-32(36)27-28-43(45)48-42)41-29-33-26-25-31-15-4-6-18-35(31)44(33)38-21-9-8-20-37(38)41/h1-29H. The van der Waals surface area contributed by atoms with Crippen molar-refractivity contribution in [3.05, 3.63) is 176 Å². The van der Waals surface area contributed by atoms with Crippen LogP contribution in [0.3, 0.4) is 0 Å². The van der Waals surface area contributed by atoms with Gasteiger partial charge in [0.2, 0.25) is 0 Å². The van der Waals surface area contributed by atoms with E-state index in [1.54, 1.807) is 0 Å². The van der Waals surface area contributed by atoms with Crippen molar-refractivity contribution >= 4 is 91.7 Å². The molecule has 0 unspecified atom stereocenters. The van der Waals surface area contributed by atoms with Crippen molar-refractivity contribution in [2.75, 3.05) is 4.90 Å². The summed E-state index contributed by atoms with van der Waals surface area (Å²) in [5, 5.41) is 12.7. The third-order valence-electron chi connectivity index (χ3n) is 9.80. The van der Waals surface area contributed by atoms with Gasteiger partial charge >= 0.3 is 0 Å². The molecule has 224 valence electrons. The number of anilines is 3. The molecule has 10 rings (SSSR count). The Hall–Kier alpha value is -5.96. The highest BCUT2D eigenvalue weighted by molar-refractivity contribution is 7.26. The van der Waals surface area contributed by atoms with Crippen LogP contribution in [0.4, 0.5) is 17.1 Å². The average Bonchev–Trinajstić information content (AvgIpc) is 3.55. The summed E-state index contributed by atoms with van der Waals surface area (Å²) in [5.74, 6) is 0. The Morgan fingerprint density at radius 2 is 0.917 bits per heavy atom. The van der Waals surface area contributed by atoms with Crippen molar-refractivity contribution in [1.29, 1.82) is 0 Å². The van der Waals surface area contributed by atoms with E-state index in [-0.39, 0.29) is 0 Å². The summed E-state index contributed by atoms with van der Waals surface area (Å²) >= 11 is 1.88. The number of benzene rings is 9. The molecule has 48 heavy (non-hydrogen) atoms. The lowest BCUT2D eigenvalue weighted by atomic mass is 9.93. The van der Waals surface area contributed by atoms with Crippen LogP contribution in [0.25, 0.3) is 74.4 Å². The summed E-state index contributed by atoms with van der Waals surface area (Å²) in [6.07, 6.45) is 0. The number of hydrogen-bond donors (Lipinski definition) is 0. The molecule has 0 aliphatic heterocycles. The summed E-state index contributed by atoms with van der Waals surface area (Å²) in [6.45, 7) is 0. The van der Waals surface area contributed by atoms with Gasteiger partial charge in [-0.1, -0.05) is 146 Å². The molecule has 0 spiro atoms. The molecular formula is C46H29NS. The molecule has 0 atom stereocenters. The first kappa shape index (κ1) is 27.2. The van der Waals surface area contributed by atoms with Gasteiger partial charge < -0.3 is 4.90 Å². The van der Waals surface area contributed by atoms with Gasteiger partial charge in [-0.15, -0.1) is 11.3 Å². The van der Waals surface area contributed by atoms with Gasteiger partial charge in [-0.2, -0.15) is 0 Å². The molecule has 10 aromatic rings. The van der Waals surface area contributed by atoms with Gasteiger partial charge in [0, 0.05) is 31.1 Å². The van der Waals surface area contributed by atoms with Crippen LogP contribution in [0.1, 0.15) is 0 Å². The molecule has 0 fully saturated rings. The van der Waals surface area contributed by atoms with E-state index in [0.29, 0.717) is 0 Å². The third-order valence-corrected chi connectivity index (χ3v) is 10.9. The Balaban J connectivity index is 1.38. The van der Waals surface area contributed by atoms with Crippen LogP contribution in [0.5, 0.6) is 0 Å². The molecule has 0 aliphatic carbocycles. The number of thiophene rings is 1. The number of fused-ring (bicyclic) bond motifs is 10. The van der Waals surface area contributed by atoms with Gasteiger partial charge in [0.1, 0.15) is 0 Å². The Morgan fingerprint density at radius 1 is 0.333 bits per heavy atom. The van der Waals surface area contributed by atoms with Crippen molar-refractivity contribution in [3.63, 3.8) is 0 Å². The topological polar surface area (TPSA) is 3.24 Å². The second kappa shape index (κ2) is 10.8. The van der Waals surface area contributed by atoms with E-state index < -0.39 is 0 Å². The average molecular weight is 628 g/mol. The van der Waals surface area contributed by atoms with Crippen LogP contribution in [-0.4, -0.2) is 0 Å². The van der Waals surface area contributed by atoms with E-state index in [9.17, 15) is 0 Å². The predicted octanol–water partition coefficient (Wildman–Crippen LogP) is 13.8. The smallest absolute Gasteiger partial charge is 0.0555 e. The maximum absolute atomic E-state index is 2.54. The summed E-state index contributed by atoms with van der Waals surface area (Å²) in [5.41, 5.74) is 5.90. The van der Waals surface area contributed by atoms with E-state index in [4.69, 9.17) is 0 Å². The normalized spacial score (nSPS) is 11.8. The highest BCUT2D eigenvalue weighted by Gasteiger charge is 2.24. The first-order valence-corrected chi connectivity index (χ1v) is 17.3. The first-order valence-electron chi connectivity index (χ1n) is 16.4. The molecule has 1 nitrogen and oxygen atoms in total. The summed E-state index contributed by atoms with van der Waals surface area (Å²) in [6, 6.07) is 64.5.